The lowest BCUT2D eigenvalue weighted by Crippen LogP contribution is -2.45. The molecule has 0 radical (unpaired) electrons. The summed E-state index contributed by atoms with van der Waals surface area (Å²) in [6.45, 7) is 1.20. The Morgan fingerprint density at radius 1 is 1.39 bits per heavy atom. The Labute approximate surface area is 112 Å². The van der Waals surface area contributed by atoms with E-state index >= 15 is 0 Å². The van der Waals surface area contributed by atoms with Crippen LogP contribution < -0.4 is 10.6 Å². The van der Waals surface area contributed by atoms with E-state index in [0.717, 1.165) is 10.0 Å². The van der Waals surface area contributed by atoms with Gasteiger partial charge in [0.2, 0.25) is 0 Å². The van der Waals surface area contributed by atoms with E-state index in [1.165, 1.54) is 0 Å². The average molecular weight is 317 g/mol. The third-order valence-electron chi connectivity index (χ3n) is 2.09. The van der Waals surface area contributed by atoms with Gasteiger partial charge in [-0.1, -0.05) is 15.9 Å². The Hall–Kier alpha value is -1.60. The standard InChI is InChI=1S/C11H13BrN2O4/c1-6-2-7(12)4-8(3-6)13-11(18)14-9(5-15)10(16)17/h2-4,9,15H,5H2,1H3,(H,16,17)(H2,13,14,18)/t9-/m1/s1. The van der Waals surface area contributed by atoms with Gasteiger partial charge in [0.05, 0.1) is 6.61 Å². The van der Waals surface area contributed by atoms with Crippen LogP contribution in [-0.4, -0.2) is 34.9 Å². The fourth-order valence-corrected chi connectivity index (χ4v) is 1.93. The quantitative estimate of drug-likeness (QED) is 0.673. The summed E-state index contributed by atoms with van der Waals surface area (Å²) in [5.74, 6) is -1.29. The molecule has 0 spiro atoms. The van der Waals surface area contributed by atoms with Crippen molar-refractivity contribution in [1.29, 1.82) is 0 Å². The van der Waals surface area contributed by atoms with Gasteiger partial charge in [0.1, 0.15) is 0 Å². The first-order valence-electron chi connectivity index (χ1n) is 5.10. The fourth-order valence-electron chi connectivity index (χ4n) is 1.32. The van der Waals surface area contributed by atoms with Crippen LogP contribution in [0.25, 0.3) is 0 Å². The van der Waals surface area contributed by atoms with Gasteiger partial charge in [0, 0.05) is 10.2 Å². The van der Waals surface area contributed by atoms with Gasteiger partial charge in [-0.3, -0.25) is 0 Å². The third kappa shape index (κ3) is 4.34. The number of carbonyl (C=O) groups is 2. The van der Waals surface area contributed by atoms with Crippen LogP contribution in [0.4, 0.5) is 10.5 Å². The molecule has 0 heterocycles. The van der Waals surface area contributed by atoms with Gasteiger partial charge in [-0.15, -0.1) is 0 Å². The van der Waals surface area contributed by atoms with Crippen molar-refractivity contribution in [3.05, 3.63) is 28.2 Å². The average Bonchev–Trinajstić information content (AvgIpc) is 2.23. The second-order valence-electron chi connectivity index (χ2n) is 3.69. The molecule has 0 unspecified atom stereocenters. The lowest BCUT2D eigenvalue weighted by atomic mass is 10.2. The molecule has 1 aromatic carbocycles. The molecule has 98 valence electrons. The Balaban J connectivity index is 2.67. The zero-order valence-corrected chi connectivity index (χ0v) is 11.2. The zero-order valence-electron chi connectivity index (χ0n) is 9.61. The molecule has 1 aromatic rings. The maximum Gasteiger partial charge on any atom is 0.328 e. The first-order valence-corrected chi connectivity index (χ1v) is 5.90. The lowest BCUT2D eigenvalue weighted by Gasteiger charge is -2.13. The van der Waals surface area contributed by atoms with Crippen LogP contribution in [0.15, 0.2) is 22.7 Å². The molecule has 2 amide bonds. The number of carboxylic acid groups (broad SMARTS) is 1. The van der Waals surface area contributed by atoms with Crippen molar-refractivity contribution in [3.63, 3.8) is 0 Å². The highest BCUT2D eigenvalue weighted by Gasteiger charge is 2.18. The number of urea groups is 1. The molecule has 6 nitrogen and oxygen atoms in total. The number of aryl methyl sites for hydroxylation is 1. The summed E-state index contributed by atoms with van der Waals surface area (Å²) in [5, 5.41) is 22.1. The topological polar surface area (TPSA) is 98.7 Å². The maximum absolute atomic E-state index is 11.5. The highest BCUT2D eigenvalue weighted by Crippen LogP contribution is 2.18. The Bertz CT molecular complexity index is 444. The summed E-state index contributed by atoms with van der Waals surface area (Å²) in [6, 6.07) is 3.28. The van der Waals surface area contributed by atoms with Gasteiger partial charge in [-0.05, 0) is 30.7 Å². The molecular formula is C11H13BrN2O4. The maximum atomic E-state index is 11.5. The van der Waals surface area contributed by atoms with Crippen LogP contribution in [0.1, 0.15) is 5.56 Å². The summed E-state index contributed by atoms with van der Waals surface area (Å²) in [5.41, 5.74) is 1.47. The summed E-state index contributed by atoms with van der Waals surface area (Å²) in [6.07, 6.45) is 0. The molecule has 1 rings (SSSR count). The van der Waals surface area contributed by atoms with Crippen molar-refractivity contribution in [2.45, 2.75) is 13.0 Å². The van der Waals surface area contributed by atoms with Gasteiger partial charge in [0.25, 0.3) is 0 Å². The van der Waals surface area contributed by atoms with Crippen molar-refractivity contribution < 1.29 is 19.8 Å². The number of hydrogen-bond donors (Lipinski definition) is 4. The number of carbonyl (C=O) groups excluding carboxylic acids is 1. The molecule has 0 aliphatic heterocycles. The SMILES string of the molecule is Cc1cc(Br)cc(NC(=O)N[C@H](CO)C(=O)O)c1. The van der Waals surface area contributed by atoms with E-state index in [2.05, 4.69) is 26.6 Å². The van der Waals surface area contributed by atoms with E-state index in [0.29, 0.717) is 5.69 Å². The molecule has 0 aliphatic carbocycles. The van der Waals surface area contributed by atoms with Crippen molar-refractivity contribution in [1.82, 2.24) is 5.32 Å². The van der Waals surface area contributed by atoms with Gasteiger partial charge in [-0.2, -0.15) is 0 Å². The number of halogens is 1. The number of rotatable bonds is 4. The van der Waals surface area contributed by atoms with Crippen LogP contribution in [0, 0.1) is 6.92 Å². The van der Waals surface area contributed by atoms with Crippen LogP contribution in [0.2, 0.25) is 0 Å². The molecule has 4 N–H and O–H groups in total. The number of anilines is 1. The van der Waals surface area contributed by atoms with E-state index < -0.39 is 24.6 Å². The Kier molecular flexibility index (Phi) is 5.11. The molecular weight excluding hydrogens is 304 g/mol. The molecule has 1 atom stereocenters. The largest absolute Gasteiger partial charge is 0.480 e. The number of carboxylic acids is 1. The van der Waals surface area contributed by atoms with Crippen molar-refractivity contribution in [2.75, 3.05) is 11.9 Å². The predicted octanol–water partition coefficient (Wildman–Crippen LogP) is 1.32. The summed E-state index contributed by atoms with van der Waals surface area (Å²) < 4.78 is 0.801. The fraction of sp³-hybridized carbons (Fsp3) is 0.273. The number of nitrogens with one attached hydrogen (secondary N) is 2. The summed E-state index contributed by atoms with van der Waals surface area (Å²) in [4.78, 5) is 22.1. The zero-order chi connectivity index (χ0) is 13.7. The first-order chi connectivity index (χ1) is 8.42. The van der Waals surface area contributed by atoms with E-state index in [9.17, 15) is 9.59 Å². The number of aliphatic hydroxyl groups is 1. The van der Waals surface area contributed by atoms with Crippen molar-refractivity contribution in [3.8, 4) is 0 Å². The van der Waals surface area contributed by atoms with E-state index in [1.807, 2.05) is 13.0 Å². The second-order valence-corrected chi connectivity index (χ2v) is 4.60. The van der Waals surface area contributed by atoms with Crippen LogP contribution in [0.5, 0.6) is 0 Å². The third-order valence-corrected chi connectivity index (χ3v) is 2.54. The Morgan fingerprint density at radius 3 is 2.56 bits per heavy atom. The number of amides is 2. The first kappa shape index (κ1) is 14.5. The van der Waals surface area contributed by atoms with E-state index in [1.54, 1.807) is 12.1 Å². The minimum Gasteiger partial charge on any atom is -0.480 e. The smallest absolute Gasteiger partial charge is 0.328 e. The molecule has 0 aliphatic rings. The highest BCUT2D eigenvalue weighted by atomic mass is 79.9. The van der Waals surface area contributed by atoms with Gasteiger partial charge in [-0.25, -0.2) is 9.59 Å². The monoisotopic (exact) mass is 316 g/mol. The van der Waals surface area contributed by atoms with Gasteiger partial charge in [0.15, 0.2) is 6.04 Å². The Morgan fingerprint density at radius 2 is 2.06 bits per heavy atom. The van der Waals surface area contributed by atoms with Crippen LogP contribution in [0.3, 0.4) is 0 Å². The van der Waals surface area contributed by atoms with Crippen LogP contribution >= 0.6 is 15.9 Å². The molecule has 7 heteroatoms. The number of hydrogen-bond acceptors (Lipinski definition) is 3. The molecule has 0 bridgehead atoms. The second kappa shape index (κ2) is 6.36. The predicted molar refractivity (Wildman–Crippen MR) is 69.5 cm³/mol. The van der Waals surface area contributed by atoms with E-state index in [4.69, 9.17) is 10.2 Å². The minimum atomic E-state index is -1.32. The summed E-state index contributed by atoms with van der Waals surface area (Å²) in [7, 11) is 0. The number of aliphatic carboxylic acids is 1. The normalized spacial score (nSPS) is 11.7. The summed E-state index contributed by atoms with van der Waals surface area (Å²) >= 11 is 3.28. The lowest BCUT2D eigenvalue weighted by molar-refractivity contribution is -0.140. The van der Waals surface area contributed by atoms with Crippen LogP contribution in [-0.2, 0) is 4.79 Å². The molecule has 0 saturated heterocycles. The molecule has 0 saturated carbocycles. The number of aliphatic hydroxyl groups excluding tert-OH is 1. The minimum absolute atomic E-state index is 0.529. The highest BCUT2D eigenvalue weighted by molar-refractivity contribution is 9.10. The molecule has 0 fully saturated rings. The van der Waals surface area contributed by atoms with Gasteiger partial charge >= 0.3 is 12.0 Å². The van der Waals surface area contributed by atoms with Gasteiger partial charge < -0.3 is 20.8 Å². The van der Waals surface area contributed by atoms with E-state index in [-0.39, 0.29) is 0 Å². The van der Waals surface area contributed by atoms with Crippen molar-refractivity contribution in [2.24, 2.45) is 0 Å². The molecule has 0 aromatic heterocycles. The number of benzene rings is 1. The molecule has 18 heavy (non-hydrogen) atoms. The van der Waals surface area contributed by atoms with Crippen molar-refractivity contribution >= 4 is 33.6 Å².